The molecule has 0 atom stereocenters. The maximum Gasteiger partial charge on any atom is 0.416 e. The summed E-state index contributed by atoms with van der Waals surface area (Å²) in [7, 11) is 0. The molecule has 5 nitrogen and oxygen atoms in total. The summed E-state index contributed by atoms with van der Waals surface area (Å²) < 4.78 is 46.4. The summed E-state index contributed by atoms with van der Waals surface area (Å²) >= 11 is 0. The Morgan fingerprint density at radius 3 is 2.55 bits per heavy atom. The van der Waals surface area contributed by atoms with Crippen molar-refractivity contribution in [2.45, 2.75) is 57.7 Å². The molecule has 2 aromatic rings. The van der Waals surface area contributed by atoms with Gasteiger partial charge in [0.2, 0.25) is 11.1 Å². The fourth-order valence-electron chi connectivity index (χ4n) is 4.03. The van der Waals surface area contributed by atoms with Gasteiger partial charge in [-0.15, -0.1) is 0 Å². The third-order valence-corrected chi connectivity index (χ3v) is 5.37. The van der Waals surface area contributed by atoms with E-state index in [1.54, 1.807) is 19.9 Å². The maximum absolute atomic E-state index is 13.3. The van der Waals surface area contributed by atoms with Gasteiger partial charge in [0, 0.05) is 17.7 Å². The van der Waals surface area contributed by atoms with Crippen LogP contribution in [0.1, 0.15) is 59.8 Å². The van der Waals surface area contributed by atoms with Crippen molar-refractivity contribution in [3.05, 3.63) is 63.1 Å². The van der Waals surface area contributed by atoms with Gasteiger partial charge in [-0.1, -0.05) is 24.5 Å². The van der Waals surface area contributed by atoms with Crippen molar-refractivity contribution in [2.75, 3.05) is 6.61 Å². The highest BCUT2D eigenvalue weighted by molar-refractivity contribution is 5.86. The average Bonchev–Trinajstić information content (AvgIpc) is 3.12. The largest absolute Gasteiger partial charge is 0.461 e. The minimum Gasteiger partial charge on any atom is -0.461 e. The number of carbonyl (C=O) groups excluding carboxylic acids is 1. The average molecular weight is 408 g/mol. The van der Waals surface area contributed by atoms with Crippen LogP contribution < -0.4 is 5.43 Å². The van der Waals surface area contributed by atoms with Gasteiger partial charge in [0.05, 0.1) is 18.7 Å². The number of aryl methyl sites for hydroxylation is 1. The molecule has 156 valence electrons. The Hall–Kier alpha value is -2.64. The van der Waals surface area contributed by atoms with Crippen LogP contribution in [0.3, 0.4) is 0 Å². The number of carbonyl (C=O) groups is 1. The van der Waals surface area contributed by atoms with Crippen LogP contribution >= 0.6 is 0 Å². The van der Waals surface area contributed by atoms with Crippen LogP contribution in [0.15, 0.2) is 35.3 Å². The van der Waals surface area contributed by atoms with E-state index in [-0.39, 0.29) is 18.8 Å². The number of ether oxygens (including phenoxy) is 1. The van der Waals surface area contributed by atoms with Gasteiger partial charge < -0.3 is 4.74 Å². The van der Waals surface area contributed by atoms with Crippen molar-refractivity contribution in [3.8, 4) is 0 Å². The Balaban J connectivity index is 2.02. The van der Waals surface area contributed by atoms with Crippen molar-refractivity contribution in [3.63, 3.8) is 0 Å². The van der Waals surface area contributed by atoms with Gasteiger partial charge in [-0.3, -0.25) is 9.48 Å². The van der Waals surface area contributed by atoms with E-state index in [0.717, 1.165) is 18.9 Å². The van der Waals surface area contributed by atoms with Gasteiger partial charge in [0.25, 0.3) is 0 Å². The van der Waals surface area contributed by atoms with Crippen molar-refractivity contribution in [1.82, 2.24) is 9.78 Å². The fourth-order valence-corrected chi connectivity index (χ4v) is 4.03. The summed E-state index contributed by atoms with van der Waals surface area (Å²) in [6, 6.07) is 5.38. The molecule has 0 N–H and O–H groups in total. The van der Waals surface area contributed by atoms with Crippen molar-refractivity contribution in [1.29, 1.82) is 0 Å². The van der Waals surface area contributed by atoms with Gasteiger partial charge in [-0.25, -0.2) is 4.79 Å². The number of hydrogen-bond acceptors (Lipinski definition) is 4. The molecule has 0 bridgehead atoms. The molecule has 1 aromatic heterocycles. The van der Waals surface area contributed by atoms with Crippen LogP contribution in [-0.4, -0.2) is 22.4 Å². The van der Waals surface area contributed by atoms with Gasteiger partial charge >= 0.3 is 12.1 Å². The molecule has 1 aromatic carbocycles. The van der Waals surface area contributed by atoms with E-state index < -0.39 is 28.6 Å². The van der Waals surface area contributed by atoms with Gasteiger partial charge in [-0.05, 0) is 44.4 Å². The summed E-state index contributed by atoms with van der Waals surface area (Å²) in [4.78, 5) is 24.0. The van der Waals surface area contributed by atoms with Crippen LogP contribution in [-0.2, 0) is 22.9 Å². The SMILES string of the molecule is CCOC(=O)c1nn(CC2(c3cc(C)cc(C(F)(F)F)c3)CCCC2)ccc1=O. The summed E-state index contributed by atoms with van der Waals surface area (Å²) in [5.74, 6) is -0.803. The molecule has 1 fully saturated rings. The van der Waals surface area contributed by atoms with E-state index in [1.165, 1.54) is 23.0 Å². The fraction of sp³-hybridized carbons (Fsp3) is 0.476. The van der Waals surface area contributed by atoms with E-state index in [0.29, 0.717) is 24.0 Å². The standard InChI is InChI=1S/C21H23F3N2O3/c1-3-29-19(28)18-17(27)6-9-26(25-18)13-20(7-4-5-8-20)15-10-14(2)11-16(12-15)21(22,23)24/h6,9-12H,3-5,7-8,13H2,1-2H3. The van der Waals surface area contributed by atoms with Crippen LogP contribution in [0, 0.1) is 6.92 Å². The quantitative estimate of drug-likeness (QED) is 0.694. The molecule has 3 rings (SSSR count). The van der Waals surface area contributed by atoms with Gasteiger partial charge in [-0.2, -0.15) is 18.3 Å². The second-order valence-corrected chi connectivity index (χ2v) is 7.52. The predicted octanol–water partition coefficient (Wildman–Crippen LogP) is 4.26. The highest BCUT2D eigenvalue weighted by Gasteiger charge is 2.39. The zero-order valence-corrected chi connectivity index (χ0v) is 16.4. The lowest BCUT2D eigenvalue weighted by molar-refractivity contribution is -0.137. The molecule has 8 heteroatoms. The molecular weight excluding hydrogens is 385 g/mol. The normalized spacial score (nSPS) is 16.0. The molecule has 0 unspecified atom stereocenters. The molecular formula is C21H23F3N2O3. The van der Waals surface area contributed by atoms with Crippen LogP contribution in [0.2, 0.25) is 0 Å². The van der Waals surface area contributed by atoms with Crippen LogP contribution in [0.5, 0.6) is 0 Å². The minimum absolute atomic E-state index is 0.113. The number of alkyl halides is 3. The predicted molar refractivity (Wildman–Crippen MR) is 101 cm³/mol. The zero-order valence-electron chi connectivity index (χ0n) is 16.4. The lowest BCUT2D eigenvalue weighted by Gasteiger charge is -2.31. The third kappa shape index (κ3) is 4.52. The Bertz CT molecular complexity index is 960. The Labute approximate surface area is 166 Å². The molecule has 0 spiro atoms. The van der Waals surface area contributed by atoms with Crippen molar-refractivity contribution < 1.29 is 22.7 Å². The number of rotatable bonds is 5. The third-order valence-electron chi connectivity index (χ3n) is 5.37. The van der Waals surface area contributed by atoms with E-state index in [9.17, 15) is 22.8 Å². The number of benzene rings is 1. The second kappa shape index (κ2) is 8.00. The van der Waals surface area contributed by atoms with Crippen molar-refractivity contribution >= 4 is 5.97 Å². The number of hydrogen-bond donors (Lipinski definition) is 0. The van der Waals surface area contributed by atoms with E-state index >= 15 is 0 Å². The Kier molecular flexibility index (Phi) is 5.82. The first-order valence-electron chi connectivity index (χ1n) is 9.59. The number of nitrogens with zero attached hydrogens (tertiary/aromatic N) is 2. The molecule has 0 saturated heterocycles. The first-order chi connectivity index (χ1) is 13.6. The second-order valence-electron chi connectivity index (χ2n) is 7.52. The van der Waals surface area contributed by atoms with E-state index in [2.05, 4.69) is 5.10 Å². The lowest BCUT2D eigenvalue weighted by atomic mass is 9.77. The molecule has 0 amide bonds. The van der Waals surface area contributed by atoms with E-state index in [1.807, 2.05) is 0 Å². The Morgan fingerprint density at radius 2 is 1.93 bits per heavy atom. The zero-order chi connectivity index (χ0) is 21.2. The highest BCUT2D eigenvalue weighted by atomic mass is 19.4. The summed E-state index contributed by atoms with van der Waals surface area (Å²) in [5, 5.41) is 4.13. The number of esters is 1. The molecule has 0 radical (unpaired) electrons. The van der Waals surface area contributed by atoms with Crippen molar-refractivity contribution in [2.24, 2.45) is 0 Å². The summed E-state index contributed by atoms with van der Waals surface area (Å²) in [6.45, 7) is 3.67. The van der Waals surface area contributed by atoms with E-state index in [4.69, 9.17) is 4.74 Å². The smallest absolute Gasteiger partial charge is 0.416 e. The molecule has 29 heavy (non-hydrogen) atoms. The molecule has 1 saturated carbocycles. The molecule has 1 heterocycles. The van der Waals surface area contributed by atoms with Crippen LogP contribution in [0.4, 0.5) is 13.2 Å². The molecule has 1 aliphatic rings. The topological polar surface area (TPSA) is 61.2 Å². The number of halogens is 3. The minimum atomic E-state index is -4.42. The summed E-state index contributed by atoms with van der Waals surface area (Å²) in [5.41, 5.74) is -0.918. The monoisotopic (exact) mass is 408 g/mol. The molecule has 1 aliphatic carbocycles. The van der Waals surface area contributed by atoms with Crippen LogP contribution in [0.25, 0.3) is 0 Å². The maximum atomic E-state index is 13.3. The highest BCUT2D eigenvalue weighted by Crippen LogP contribution is 2.44. The number of aromatic nitrogens is 2. The summed E-state index contributed by atoms with van der Waals surface area (Å²) in [6.07, 6.45) is 0.228. The Morgan fingerprint density at radius 1 is 1.24 bits per heavy atom. The van der Waals surface area contributed by atoms with Gasteiger partial charge in [0.1, 0.15) is 0 Å². The first-order valence-corrected chi connectivity index (χ1v) is 9.59. The molecule has 0 aliphatic heterocycles. The van der Waals surface area contributed by atoms with Gasteiger partial charge in [0.15, 0.2) is 0 Å². The lowest BCUT2D eigenvalue weighted by Crippen LogP contribution is -2.32. The first kappa shape index (κ1) is 21.1.